The molecule has 0 saturated heterocycles. The minimum Gasteiger partial charge on any atom is -0.462 e. The Morgan fingerprint density at radius 2 is 0.944 bits per heavy atom. The van der Waals surface area contributed by atoms with Crippen LogP contribution in [0.25, 0.3) is 43.1 Å². The van der Waals surface area contributed by atoms with Crippen LogP contribution in [0.4, 0.5) is 8.78 Å². The van der Waals surface area contributed by atoms with Gasteiger partial charge in [0.25, 0.3) is 0 Å². The van der Waals surface area contributed by atoms with Crippen LogP contribution >= 0.6 is 0 Å². The zero-order valence-electron chi connectivity index (χ0n) is 20.6. The van der Waals surface area contributed by atoms with E-state index in [2.05, 4.69) is 0 Å². The molecule has 0 aliphatic heterocycles. The molecule has 0 fully saturated rings. The lowest BCUT2D eigenvalue weighted by molar-refractivity contribution is 0.0453. The highest BCUT2D eigenvalue weighted by Crippen LogP contribution is 2.44. The summed E-state index contributed by atoms with van der Waals surface area (Å²) in [5, 5.41) is 3.33. The highest BCUT2D eigenvalue weighted by molar-refractivity contribution is 6.35. The van der Waals surface area contributed by atoms with Crippen LogP contribution < -0.4 is 0 Å². The van der Waals surface area contributed by atoms with Gasteiger partial charge in [-0.25, -0.2) is 18.4 Å². The monoisotopic (exact) mass is 488 g/mol. The zero-order chi connectivity index (χ0) is 25.7. The van der Waals surface area contributed by atoms with Crippen molar-refractivity contribution in [1.82, 2.24) is 0 Å². The molecule has 5 rings (SSSR count). The average Bonchev–Trinajstić information content (AvgIpc) is 2.85. The first-order valence-electron chi connectivity index (χ1n) is 12.0. The van der Waals surface area contributed by atoms with E-state index in [1.807, 2.05) is 27.7 Å². The first-order valence-corrected chi connectivity index (χ1v) is 12.0. The third-order valence-corrected chi connectivity index (χ3v) is 6.34. The van der Waals surface area contributed by atoms with Crippen LogP contribution in [0.1, 0.15) is 48.4 Å². The third-order valence-electron chi connectivity index (χ3n) is 6.34. The molecule has 0 atom stereocenters. The van der Waals surface area contributed by atoms with Gasteiger partial charge in [-0.1, -0.05) is 52.0 Å². The maximum Gasteiger partial charge on any atom is 0.338 e. The van der Waals surface area contributed by atoms with Crippen molar-refractivity contribution in [2.45, 2.75) is 27.7 Å². The van der Waals surface area contributed by atoms with Crippen LogP contribution in [0.5, 0.6) is 0 Å². The van der Waals surface area contributed by atoms with E-state index < -0.39 is 23.6 Å². The lowest BCUT2D eigenvalue weighted by atomic mass is 9.86. The van der Waals surface area contributed by atoms with Gasteiger partial charge in [0, 0.05) is 21.5 Å². The van der Waals surface area contributed by atoms with Gasteiger partial charge in [-0.2, -0.15) is 0 Å². The minimum atomic E-state index is -0.513. The molecule has 0 aliphatic rings. The molecule has 0 bridgehead atoms. The second kappa shape index (κ2) is 9.01. The molecule has 0 N–H and O–H groups in total. The number of esters is 2. The second-order valence-electron chi connectivity index (χ2n) is 10.00. The van der Waals surface area contributed by atoms with Crippen molar-refractivity contribution < 1.29 is 27.8 Å². The Morgan fingerprint density at radius 1 is 0.583 bits per heavy atom. The van der Waals surface area contributed by atoms with Crippen LogP contribution in [0.15, 0.2) is 48.5 Å². The molecule has 5 aromatic carbocycles. The van der Waals surface area contributed by atoms with Gasteiger partial charge in [-0.15, -0.1) is 0 Å². The Labute approximate surface area is 207 Å². The molecule has 0 aromatic heterocycles. The SMILES string of the molecule is CC(C)COC(=O)c1ccc2c3c(F)ccc4c(C(=O)OCC(C)C)ccc(c5c(F)ccc1c25)c43. The van der Waals surface area contributed by atoms with Crippen molar-refractivity contribution in [2.75, 3.05) is 13.2 Å². The largest absolute Gasteiger partial charge is 0.462 e. The van der Waals surface area contributed by atoms with Gasteiger partial charge in [-0.3, -0.25) is 0 Å². The summed E-state index contributed by atoms with van der Waals surface area (Å²) in [4.78, 5) is 25.7. The molecule has 0 radical (unpaired) electrons. The van der Waals surface area contributed by atoms with Crippen LogP contribution in [-0.4, -0.2) is 25.2 Å². The number of ether oxygens (including phenoxy) is 2. The van der Waals surface area contributed by atoms with Crippen LogP contribution in [0.2, 0.25) is 0 Å². The van der Waals surface area contributed by atoms with E-state index in [1.165, 1.54) is 24.3 Å². The van der Waals surface area contributed by atoms with Crippen LogP contribution in [0, 0.1) is 23.5 Å². The molecule has 0 heterocycles. The first-order chi connectivity index (χ1) is 17.2. The van der Waals surface area contributed by atoms with E-state index in [0.29, 0.717) is 43.4 Å². The van der Waals surface area contributed by atoms with E-state index in [9.17, 15) is 9.59 Å². The minimum absolute atomic E-state index is 0.159. The molecule has 4 nitrogen and oxygen atoms in total. The zero-order valence-corrected chi connectivity index (χ0v) is 20.6. The number of rotatable bonds is 6. The number of benzene rings is 5. The van der Waals surface area contributed by atoms with Crippen molar-refractivity contribution >= 4 is 55.0 Å². The van der Waals surface area contributed by atoms with Gasteiger partial charge in [0.05, 0.1) is 24.3 Å². The molecule has 0 saturated carbocycles. The number of carbonyl (C=O) groups is 2. The van der Waals surface area contributed by atoms with E-state index in [-0.39, 0.29) is 35.8 Å². The quantitative estimate of drug-likeness (QED) is 0.140. The fourth-order valence-corrected chi connectivity index (χ4v) is 4.78. The van der Waals surface area contributed by atoms with Gasteiger partial charge < -0.3 is 9.47 Å². The summed E-state index contributed by atoms with van der Waals surface area (Å²) in [6.07, 6.45) is 0. The van der Waals surface area contributed by atoms with Gasteiger partial charge in [0.15, 0.2) is 0 Å². The lowest BCUT2D eigenvalue weighted by Gasteiger charge is -2.18. The fraction of sp³-hybridized carbons (Fsp3) is 0.267. The molecule has 6 heteroatoms. The smallest absolute Gasteiger partial charge is 0.338 e. The number of halogens is 2. The first kappa shape index (κ1) is 23.9. The fourth-order valence-electron chi connectivity index (χ4n) is 4.78. The maximum absolute atomic E-state index is 15.4. The molecule has 36 heavy (non-hydrogen) atoms. The summed E-state index contributed by atoms with van der Waals surface area (Å²) in [6.45, 7) is 8.26. The summed E-state index contributed by atoms with van der Waals surface area (Å²) < 4.78 is 41.7. The summed E-state index contributed by atoms with van der Waals surface area (Å²) in [7, 11) is 0. The van der Waals surface area contributed by atoms with E-state index >= 15 is 8.78 Å². The molecule has 184 valence electrons. The molecule has 0 aliphatic carbocycles. The topological polar surface area (TPSA) is 52.6 Å². The molecular weight excluding hydrogens is 462 g/mol. The normalized spacial score (nSPS) is 12.0. The predicted molar refractivity (Wildman–Crippen MR) is 138 cm³/mol. The van der Waals surface area contributed by atoms with E-state index in [4.69, 9.17) is 9.47 Å². The number of fused-ring (bicyclic) bond motifs is 2. The predicted octanol–water partition coefficient (Wildman–Crippen LogP) is 7.64. The summed E-state index contributed by atoms with van der Waals surface area (Å²) >= 11 is 0. The second-order valence-corrected chi connectivity index (χ2v) is 10.00. The van der Waals surface area contributed by atoms with Gasteiger partial charge in [0.1, 0.15) is 11.6 Å². The molecule has 0 amide bonds. The molecule has 0 spiro atoms. The Morgan fingerprint density at radius 3 is 1.31 bits per heavy atom. The van der Waals surface area contributed by atoms with Gasteiger partial charge in [-0.05, 0) is 57.6 Å². The van der Waals surface area contributed by atoms with E-state index in [0.717, 1.165) is 0 Å². The average molecular weight is 489 g/mol. The Balaban J connectivity index is 1.84. The Kier molecular flexibility index (Phi) is 5.99. The highest BCUT2D eigenvalue weighted by atomic mass is 19.1. The van der Waals surface area contributed by atoms with Crippen molar-refractivity contribution in [3.05, 3.63) is 71.3 Å². The molecular formula is C30H26F2O4. The summed E-state index contributed by atoms with van der Waals surface area (Å²) in [5.74, 6) is -1.70. The summed E-state index contributed by atoms with van der Waals surface area (Å²) in [6, 6.07) is 12.1. The standard InChI is InChI=1S/C30H26F2O4/c1-15(2)13-35-29(33)19-5-7-21-25-17(19)9-11-23(31)27(25)22-8-6-20(30(34)36-14-16(3)4)18-10-12-24(32)28(21)26(18)22/h5-12,15-16H,13-14H2,1-4H3. The van der Waals surface area contributed by atoms with Crippen molar-refractivity contribution in [1.29, 1.82) is 0 Å². The summed E-state index contributed by atoms with van der Waals surface area (Å²) in [5.41, 5.74) is 0.584. The van der Waals surface area contributed by atoms with Crippen LogP contribution in [-0.2, 0) is 9.47 Å². The lowest BCUT2D eigenvalue weighted by Crippen LogP contribution is -2.11. The maximum atomic E-state index is 15.4. The van der Waals surface area contributed by atoms with E-state index in [1.54, 1.807) is 24.3 Å². The number of hydrogen-bond donors (Lipinski definition) is 0. The highest BCUT2D eigenvalue weighted by Gasteiger charge is 2.24. The van der Waals surface area contributed by atoms with Crippen molar-refractivity contribution in [3.63, 3.8) is 0 Å². The van der Waals surface area contributed by atoms with Crippen LogP contribution in [0.3, 0.4) is 0 Å². The Hall–Kier alpha value is -3.80. The number of hydrogen-bond acceptors (Lipinski definition) is 4. The molecule has 0 unspecified atom stereocenters. The van der Waals surface area contributed by atoms with Gasteiger partial charge >= 0.3 is 11.9 Å². The van der Waals surface area contributed by atoms with Crippen molar-refractivity contribution in [3.8, 4) is 0 Å². The number of carbonyl (C=O) groups excluding carboxylic acids is 2. The third kappa shape index (κ3) is 3.81. The Bertz CT molecular complexity index is 1530. The van der Waals surface area contributed by atoms with Gasteiger partial charge in [0.2, 0.25) is 0 Å². The molecule has 5 aromatic rings. The van der Waals surface area contributed by atoms with Crippen molar-refractivity contribution in [2.24, 2.45) is 11.8 Å².